The number of ketones is 1. The van der Waals surface area contributed by atoms with Gasteiger partial charge in [0, 0.05) is 24.5 Å². The van der Waals surface area contributed by atoms with Crippen molar-refractivity contribution >= 4 is 17.2 Å². The average molecular weight is 348 g/mol. The van der Waals surface area contributed by atoms with Gasteiger partial charge in [0.15, 0.2) is 5.78 Å². The fraction of sp³-hybridized carbons (Fsp3) is 0.238. The van der Waals surface area contributed by atoms with Crippen molar-refractivity contribution in [3.63, 3.8) is 0 Å². The Morgan fingerprint density at radius 1 is 1.27 bits per heavy atom. The molecule has 5 heteroatoms. The Kier molecular flexibility index (Phi) is 5.07. The van der Waals surface area contributed by atoms with E-state index in [0.29, 0.717) is 5.57 Å². The lowest BCUT2D eigenvalue weighted by Crippen LogP contribution is -2.38. The number of allylic oxidation sites excluding steroid dienone is 1. The van der Waals surface area contributed by atoms with Gasteiger partial charge in [0.1, 0.15) is 0 Å². The van der Waals surface area contributed by atoms with Gasteiger partial charge in [-0.1, -0.05) is 23.8 Å². The van der Waals surface area contributed by atoms with Crippen LogP contribution < -0.4 is 10.7 Å². The number of hydrogen-bond acceptors (Lipinski definition) is 5. The monoisotopic (exact) mass is 348 g/mol. The van der Waals surface area contributed by atoms with E-state index >= 15 is 0 Å². The molecule has 0 aliphatic carbocycles. The molecule has 0 atom stereocenters. The van der Waals surface area contributed by atoms with E-state index in [2.05, 4.69) is 28.7 Å². The summed E-state index contributed by atoms with van der Waals surface area (Å²) in [7, 11) is 0. The van der Waals surface area contributed by atoms with E-state index in [9.17, 15) is 4.79 Å². The maximum Gasteiger partial charge on any atom is 0.164 e. The van der Waals surface area contributed by atoms with Crippen LogP contribution in [0, 0.1) is 13.8 Å². The van der Waals surface area contributed by atoms with Gasteiger partial charge in [0.2, 0.25) is 0 Å². The number of rotatable bonds is 5. The normalized spacial score (nSPS) is 14.0. The number of hydrogen-bond donors (Lipinski definition) is 2. The summed E-state index contributed by atoms with van der Waals surface area (Å²) in [5.41, 5.74) is 9.69. The molecule has 3 rings (SSSR count). The number of nitrogens with zero attached hydrogens (tertiary/aromatic N) is 2. The Hall–Kier alpha value is -3.08. The van der Waals surface area contributed by atoms with Gasteiger partial charge in [-0.3, -0.25) is 20.2 Å². The van der Waals surface area contributed by atoms with Gasteiger partial charge < -0.3 is 5.32 Å². The van der Waals surface area contributed by atoms with Crippen LogP contribution in [0.2, 0.25) is 0 Å². The van der Waals surface area contributed by atoms with E-state index in [1.54, 1.807) is 19.3 Å². The van der Waals surface area contributed by atoms with Crippen LogP contribution in [0.4, 0.5) is 5.69 Å². The van der Waals surface area contributed by atoms with Crippen LogP contribution >= 0.6 is 0 Å². The molecule has 2 N–H and O–H groups in total. The van der Waals surface area contributed by atoms with E-state index < -0.39 is 0 Å². The number of nitrogens with one attached hydrogen (secondary N) is 2. The number of anilines is 1. The van der Waals surface area contributed by atoms with E-state index in [-0.39, 0.29) is 5.78 Å². The minimum Gasteiger partial charge on any atom is -0.352 e. The molecule has 0 amide bonds. The number of carbonyl (C=O) groups is 1. The molecule has 1 aliphatic heterocycles. The highest BCUT2D eigenvalue weighted by molar-refractivity contribution is 6.06. The number of pyridine rings is 1. The number of carbonyl (C=O) groups excluding carboxylic acids is 1. The molecule has 134 valence electrons. The van der Waals surface area contributed by atoms with Crippen LogP contribution in [-0.4, -0.2) is 22.3 Å². The first-order valence-corrected chi connectivity index (χ1v) is 8.75. The van der Waals surface area contributed by atoms with Gasteiger partial charge in [-0.25, -0.2) is 0 Å². The van der Waals surface area contributed by atoms with Crippen molar-refractivity contribution in [2.75, 3.05) is 11.9 Å². The van der Waals surface area contributed by atoms with Crippen LogP contribution in [-0.2, 0) is 4.79 Å². The molecule has 0 saturated heterocycles. The molecule has 2 heterocycles. The van der Waals surface area contributed by atoms with Crippen molar-refractivity contribution in [1.29, 1.82) is 0 Å². The number of hydrazine groups is 1. The summed E-state index contributed by atoms with van der Waals surface area (Å²) in [6.45, 7) is 8.48. The van der Waals surface area contributed by atoms with Crippen molar-refractivity contribution in [3.8, 4) is 0 Å². The number of aromatic nitrogens is 1. The lowest BCUT2D eigenvalue weighted by Gasteiger charge is -2.32. The molecular weight excluding hydrogens is 324 g/mol. The minimum atomic E-state index is 0.00468. The third-order valence-corrected chi connectivity index (χ3v) is 4.37. The summed E-state index contributed by atoms with van der Waals surface area (Å²) in [6.07, 6.45) is 5.47. The molecule has 0 saturated carbocycles. The molecule has 2 aromatic rings. The van der Waals surface area contributed by atoms with Gasteiger partial charge in [-0.2, -0.15) is 0 Å². The molecule has 0 radical (unpaired) electrons. The first kappa shape index (κ1) is 17.7. The third-order valence-electron chi connectivity index (χ3n) is 4.37. The van der Waals surface area contributed by atoms with Crippen LogP contribution in [0.25, 0.3) is 5.70 Å². The first-order chi connectivity index (χ1) is 12.5. The van der Waals surface area contributed by atoms with Gasteiger partial charge in [0.25, 0.3) is 0 Å². The van der Waals surface area contributed by atoms with Gasteiger partial charge in [0.05, 0.1) is 28.9 Å². The van der Waals surface area contributed by atoms with Crippen LogP contribution in [0.15, 0.2) is 60.2 Å². The van der Waals surface area contributed by atoms with E-state index in [4.69, 9.17) is 0 Å². The van der Waals surface area contributed by atoms with Crippen molar-refractivity contribution in [1.82, 2.24) is 15.4 Å². The maximum atomic E-state index is 12.5. The van der Waals surface area contributed by atoms with Crippen LogP contribution in [0.3, 0.4) is 0 Å². The predicted molar refractivity (Wildman–Crippen MR) is 105 cm³/mol. The summed E-state index contributed by atoms with van der Waals surface area (Å²) in [5, 5.41) is 5.37. The highest BCUT2D eigenvalue weighted by atomic mass is 16.1. The van der Waals surface area contributed by atoms with Gasteiger partial charge in [-0.05, 0) is 45.4 Å². The van der Waals surface area contributed by atoms with Gasteiger partial charge >= 0.3 is 0 Å². The molecule has 26 heavy (non-hydrogen) atoms. The Labute approximate surface area is 154 Å². The molecule has 0 unspecified atom stereocenters. The summed E-state index contributed by atoms with van der Waals surface area (Å²) in [4.78, 5) is 16.7. The SMILES string of the molecule is CCN1C=C(Nc2cnccc2C)C(C(C)=O)=C(c2cccc(C)c2)N1. The molecule has 5 nitrogen and oxygen atoms in total. The second-order valence-corrected chi connectivity index (χ2v) is 6.43. The fourth-order valence-corrected chi connectivity index (χ4v) is 2.97. The summed E-state index contributed by atoms with van der Waals surface area (Å²) in [6, 6.07) is 10.1. The summed E-state index contributed by atoms with van der Waals surface area (Å²) < 4.78 is 0. The van der Waals surface area contributed by atoms with Crippen LogP contribution in [0.1, 0.15) is 30.5 Å². The van der Waals surface area contributed by atoms with Gasteiger partial charge in [-0.15, -0.1) is 0 Å². The molecule has 1 aromatic heterocycles. The van der Waals surface area contributed by atoms with Crippen molar-refractivity contribution in [2.24, 2.45) is 0 Å². The summed E-state index contributed by atoms with van der Waals surface area (Å²) >= 11 is 0. The maximum absolute atomic E-state index is 12.5. The van der Waals surface area contributed by atoms with E-state index in [1.807, 2.05) is 49.3 Å². The average Bonchev–Trinajstić information content (AvgIpc) is 2.62. The van der Waals surface area contributed by atoms with Crippen molar-refractivity contribution in [3.05, 3.63) is 76.9 Å². The molecule has 1 aliphatic rings. The Morgan fingerprint density at radius 2 is 2.08 bits per heavy atom. The number of Topliss-reactive ketones (excluding diaryl/α,β-unsaturated/α-hetero) is 1. The zero-order valence-electron chi connectivity index (χ0n) is 15.6. The fourth-order valence-electron chi connectivity index (χ4n) is 2.97. The topological polar surface area (TPSA) is 57.3 Å². The molecular formula is C21H24N4O. The lowest BCUT2D eigenvalue weighted by atomic mass is 9.98. The van der Waals surface area contributed by atoms with E-state index in [1.165, 1.54) is 0 Å². The smallest absolute Gasteiger partial charge is 0.164 e. The lowest BCUT2D eigenvalue weighted by molar-refractivity contribution is -0.113. The summed E-state index contributed by atoms with van der Waals surface area (Å²) in [5.74, 6) is 0.00468. The van der Waals surface area contributed by atoms with Crippen molar-refractivity contribution in [2.45, 2.75) is 27.7 Å². The molecule has 1 aromatic carbocycles. The van der Waals surface area contributed by atoms with Crippen LogP contribution in [0.5, 0.6) is 0 Å². The second kappa shape index (κ2) is 7.44. The minimum absolute atomic E-state index is 0.00468. The molecule has 0 bridgehead atoms. The van der Waals surface area contributed by atoms with E-state index in [0.717, 1.165) is 40.3 Å². The highest BCUT2D eigenvalue weighted by Gasteiger charge is 2.24. The first-order valence-electron chi connectivity index (χ1n) is 8.75. The molecule has 0 spiro atoms. The highest BCUT2D eigenvalue weighted by Crippen LogP contribution is 2.29. The zero-order valence-corrected chi connectivity index (χ0v) is 15.6. The quantitative estimate of drug-likeness (QED) is 0.861. The standard InChI is InChI=1S/C21H24N4O/c1-5-25-13-19(23-18-12-22-10-9-15(18)3)20(16(4)26)21(24-25)17-8-6-7-14(2)11-17/h6-13,23-24H,5H2,1-4H3. The largest absolute Gasteiger partial charge is 0.352 e. The number of aryl methyl sites for hydroxylation is 2. The second-order valence-electron chi connectivity index (χ2n) is 6.43. The predicted octanol–water partition coefficient (Wildman–Crippen LogP) is 3.79. The Balaban J connectivity index is 2.11. The number of benzene rings is 1. The Bertz CT molecular complexity index is 898. The third kappa shape index (κ3) is 3.61. The Morgan fingerprint density at radius 3 is 2.73 bits per heavy atom. The van der Waals surface area contributed by atoms with Crippen molar-refractivity contribution < 1.29 is 4.79 Å². The zero-order chi connectivity index (χ0) is 18.7. The molecule has 0 fully saturated rings.